The van der Waals surface area contributed by atoms with E-state index in [2.05, 4.69) is 4.40 Å². The predicted octanol–water partition coefficient (Wildman–Crippen LogP) is 6.29. The third-order valence-electron chi connectivity index (χ3n) is 4.11. The number of fused-ring (bicyclic) bond motifs is 3. The molecule has 6 heteroatoms. The summed E-state index contributed by atoms with van der Waals surface area (Å²) in [6, 6.07) is 13.7. The molecule has 3 nitrogen and oxygen atoms in total. The third-order valence-corrected chi connectivity index (χ3v) is 5.08. The first-order valence-corrected chi connectivity index (χ1v) is 8.74. The number of pyridine rings is 1. The van der Waals surface area contributed by atoms with Crippen LogP contribution in [-0.4, -0.2) is 8.97 Å². The zero-order valence-electron chi connectivity index (χ0n) is 12.8. The number of halogens is 1. The Labute approximate surface area is 153 Å². The number of hydrogen-bond acceptors (Lipinski definition) is 3. The maximum atomic E-state index is 6.03. The van der Waals surface area contributed by atoms with Gasteiger partial charge in [0.2, 0.25) is 0 Å². The van der Waals surface area contributed by atoms with Gasteiger partial charge in [-0.3, -0.25) is 4.57 Å². The van der Waals surface area contributed by atoms with E-state index in [0.29, 0.717) is 26.6 Å². The fourth-order valence-corrected chi connectivity index (χ4v) is 3.90. The summed E-state index contributed by atoms with van der Waals surface area (Å²) < 4.78 is 10.6. The first kappa shape index (κ1) is 15.6. The topological polar surface area (TPSA) is 22.5 Å². The zero-order chi connectivity index (χ0) is 16.8. The van der Waals surface area contributed by atoms with Gasteiger partial charge in [0.15, 0.2) is 5.58 Å². The minimum atomic E-state index is 0.390. The SMILES string of the molecule is CCn1c(=S)oc2c(-c3ccc(Cl)cc3)c3ccccn3c2c1=S. The number of aromatic nitrogens is 2. The lowest BCUT2D eigenvalue weighted by Crippen LogP contribution is -2.00. The summed E-state index contributed by atoms with van der Waals surface area (Å²) in [5, 5.41) is 0.695. The molecule has 0 spiro atoms. The molecule has 0 aliphatic heterocycles. The van der Waals surface area contributed by atoms with E-state index in [1.807, 2.05) is 60.2 Å². The molecule has 1 aromatic carbocycles. The van der Waals surface area contributed by atoms with Crippen molar-refractivity contribution in [3.05, 3.63) is 63.2 Å². The second-order valence-electron chi connectivity index (χ2n) is 5.43. The predicted molar refractivity (Wildman–Crippen MR) is 103 cm³/mol. The highest BCUT2D eigenvalue weighted by Gasteiger charge is 2.18. The fourth-order valence-electron chi connectivity index (χ4n) is 3.01. The zero-order valence-corrected chi connectivity index (χ0v) is 15.2. The van der Waals surface area contributed by atoms with Gasteiger partial charge in [-0.25, -0.2) is 0 Å². The van der Waals surface area contributed by atoms with Gasteiger partial charge in [0.25, 0.3) is 4.84 Å². The van der Waals surface area contributed by atoms with Crippen molar-refractivity contribution < 1.29 is 4.42 Å². The molecule has 0 aliphatic carbocycles. The van der Waals surface area contributed by atoms with Crippen molar-refractivity contribution >= 4 is 52.7 Å². The molecule has 0 radical (unpaired) electrons. The second-order valence-corrected chi connectivity index (χ2v) is 6.61. The quantitative estimate of drug-likeness (QED) is 0.386. The van der Waals surface area contributed by atoms with Crippen molar-refractivity contribution in [2.75, 3.05) is 0 Å². The molecular weight excluding hydrogens is 360 g/mol. The molecule has 0 atom stereocenters. The minimum Gasteiger partial charge on any atom is -0.428 e. The lowest BCUT2D eigenvalue weighted by Gasteiger charge is -2.04. The number of benzene rings is 1. The Morgan fingerprint density at radius 2 is 1.83 bits per heavy atom. The highest BCUT2D eigenvalue weighted by molar-refractivity contribution is 7.72. The molecule has 0 aliphatic rings. The number of rotatable bonds is 2. The van der Waals surface area contributed by atoms with Crippen molar-refractivity contribution in [1.82, 2.24) is 8.97 Å². The van der Waals surface area contributed by atoms with Crippen molar-refractivity contribution in [2.45, 2.75) is 13.5 Å². The van der Waals surface area contributed by atoms with Gasteiger partial charge in [0, 0.05) is 17.8 Å². The molecule has 0 saturated carbocycles. The summed E-state index contributed by atoms with van der Waals surface area (Å²) in [5.74, 6) is 0. The largest absolute Gasteiger partial charge is 0.428 e. The highest BCUT2D eigenvalue weighted by atomic mass is 35.5. The van der Waals surface area contributed by atoms with Gasteiger partial charge in [-0.05, 0) is 49.0 Å². The summed E-state index contributed by atoms with van der Waals surface area (Å²) in [5.41, 5.74) is 4.58. The Hall–Kier alpha value is -1.95. The minimum absolute atomic E-state index is 0.390. The molecule has 0 fully saturated rings. The van der Waals surface area contributed by atoms with Gasteiger partial charge in [-0.1, -0.05) is 42.0 Å². The van der Waals surface area contributed by atoms with E-state index in [4.69, 9.17) is 40.5 Å². The average molecular weight is 373 g/mol. The average Bonchev–Trinajstić information content (AvgIpc) is 2.90. The van der Waals surface area contributed by atoms with Crippen LogP contribution in [0.1, 0.15) is 6.92 Å². The van der Waals surface area contributed by atoms with E-state index in [1.165, 1.54) is 0 Å². The van der Waals surface area contributed by atoms with Crippen LogP contribution < -0.4 is 0 Å². The molecule has 4 rings (SSSR count). The van der Waals surface area contributed by atoms with Crippen LogP contribution in [0.4, 0.5) is 0 Å². The van der Waals surface area contributed by atoms with E-state index < -0.39 is 0 Å². The maximum Gasteiger partial charge on any atom is 0.270 e. The summed E-state index contributed by atoms with van der Waals surface area (Å²) in [4.78, 5) is 0.390. The van der Waals surface area contributed by atoms with Gasteiger partial charge >= 0.3 is 0 Å². The molecule has 0 amide bonds. The third kappa shape index (κ3) is 2.24. The summed E-state index contributed by atoms with van der Waals surface area (Å²) in [7, 11) is 0. The second kappa shape index (κ2) is 5.84. The molecule has 0 N–H and O–H groups in total. The Morgan fingerprint density at radius 1 is 1.08 bits per heavy atom. The Kier molecular flexibility index (Phi) is 3.79. The van der Waals surface area contributed by atoms with Gasteiger partial charge in [0.1, 0.15) is 10.2 Å². The standard InChI is InChI=1S/C18H13ClN2OS2/c1-2-20-17(23)15-16(22-18(20)24)14(11-6-8-12(19)9-7-11)13-5-3-4-10-21(13)15/h3-10H,2H2,1H3. The van der Waals surface area contributed by atoms with E-state index >= 15 is 0 Å². The van der Waals surface area contributed by atoms with Crippen LogP contribution in [-0.2, 0) is 6.54 Å². The molecule has 3 heterocycles. The first-order valence-electron chi connectivity index (χ1n) is 7.54. The van der Waals surface area contributed by atoms with E-state index in [1.54, 1.807) is 0 Å². The highest BCUT2D eigenvalue weighted by Crippen LogP contribution is 2.36. The molecule has 24 heavy (non-hydrogen) atoms. The molecule has 120 valence electrons. The van der Waals surface area contributed by atoms with E-state index in [0.717, 1.165) is 22.2 Å². The van der Waals surface area contributed by atoms with Crippen LogP contribution in [0.3, 0.4) is 0 Å². The molecule has 3 aromatic heterocycles. The summed E-state index contributed by atoms with van der Waals surface area (Å²) in [6.07, 6.45) is 1.99. The normalized spacial score (nSPS) is 11.4. The van der Waals surface area contributed by atoms with Crippen LogP contribution >= 0.6 is 36.0 Å². The van der Waals surface area contributed by atoms with Gasteiger partial charge in [0.05, 0.1) is 11.1 Å². The maximum absolute atomic E-state index is 6.03. The van der Waals surface area contributed by atoms with Crippen LogP contribution in [0.25, 0.3) is 27.7 Å². The Bertz CT molecular complexity index is 1190. The van der Waals surface area contributed by atoms with Crippen molar-refractivity contribution in [2.24, 2.45) is 0 Å². The molecular formula is C18H13ClN2OS2. The van der Waals surface area contributed by atoms with Gasteiger partial charge in [-0.15, -0.1) is 0 Å². The molecule has 0 saturated heterocycles. The summed E-state index contributed by atoms with van der Waals surface area (Å²) >= 11 is 17.1. The van der Waals surface area contributed by atoms with Crippen LogP contribution in [0.5, 0.6) is 0 Å². The van der Waals surface area contributed by atoms with Crippen LogP contribution in [0.2, 0.25) is 5.02 Å². The first-order chi connectivity index (χ1) is 11.6. The molecule has 4 aromatic rings. The van der Waals surface area contributed by atoms with Crippen LogP contribution in [0, 0.1) is 9.48 Å². The Balaban J connectivity index is 2.26. The Morgan fingerprint density at radius 3 is 2.54 bits per heavy atom. The molecule has 0 unspecified atom stereocenters. The van der Waals surface area contributed by atoms with E-state index in [9.17, 15) is 0 Å². The monoisotopic (exact) mass is 372 g/mol. The fraction of sp³-hybridized carbons (Fsp3) is 0.111. The van der Waals surface area contributed by atoms with Crippen molar-refractivity contribution in [1.29, 1.82) is 0 Å². The lowest BCUT2D eigenvalue weighted by molar-refractivity contribution is 0.500. The van der Waals surface area contributed by atoms with E-state index in [-0.39, 0.29) is 0 Å². The van der Waals surface area contributed by atoms with Crippen molar-refractivity contribution in [3.63, 3.8) is 0 Å². The summed E-state index contributed by atoms with van der Waals surface area (Å²) in [6.45, 7) is 2.68. The van der Waals surface area contributed by atoms with Crippen molar-refractivity contribution in [3.8, 4) is 11.1 Å². The van der Waals surface area contributed by atoms with Gasteiger partial charge < -0.3 is 8.82 Å². The van der Waals surface area contributed by atoms with Gasteiger partial charge in [-0.2, -0.15) is 0 Å². The lowest BCUT2D eigenvalue weighted by atomic mass is 10.1. The number of hydrogen-bond donors (Lipinski definition) is 0. The van der Waals surface area contributed by atoms with Crippen LogP contribution in [0.15, 0.2) is 53.1 Å². The smallest absolute Gasteiger partial charge is 0.270 e. The number of nitrogens with zero attached hydrogens (tertiary/aromatic N) is 2. The molecule has 0 bridgehead atoms.